The lowest BCUT2D eigenvalue weighted by Crippen LogP contribution is -2.25. The summed E-state index contributed by atoms with van der Waals surface area (Å²) in [6.45, 7) is 2.29. The zero-order chi connectivity index (χ0) is 25.9. The van der Waals surface area contributed by atoms with Crippen LogP contribution in [0.15, 0.2) is 72.0 Å². The van der Waals surface area contributed by atoms with E-state index in [2.05, 4.69) is 30.5 Å². The third kappa shape index (κ3) is 7.54. The molecule has 0 bridgehead atoms. The average Bonchev–Trinajstić information content (AvgIpc) is 2.94. The summed E-state index contributed by atoms with van der Waals surface area (Å²) < 4.78 is 10.7. The number of hydrogen-bond acceptors (Lipinski definition) is 8. The molecule has 0 spiro atoms. The molecule has 37 heavy (non-hydrogen) atoms. The summed E-state index contributed by atoms with van der Waals surface area (Å²) in [5.74, 6) is 1.95. The lowest BCUT2D eigenvalue weighted by atomic mass is 10.1. The van der Waals surface area contributed by atoms with Gasteiger partial charge in [0.2, 0.25) is 11.9 Å². The first-order valence-corrected chi connectivity index (χ1v) is 12.2. The van der Waals surface area contributed by atoms with E-state index in [0.717, 1.165) is 48.4 Å². The van der Waals surface area contributed by atoms with Gasteiger partial charge in [-0.15, -0.1) is 0 Å². The number of amides is 1. The van der Waals surface area contributed by atoms with E-state index in [1.54, 1.807) is 26.6 Å². The first-order chi connectivity index (χ1) is 18.1. The van der Waals surface area contributed by atoms with Crippen LogP contribution in [0.25, 0.3) is 11.3 Å². The van der Waals surface area contributed by atoms with Gasteiger partial charge in [0, 0.05) is 49.7 Å². The molecular formula is C28H32N6O3. The molecule has 1 aromatic heterocycles. The van der Waals surface area contributed by atoms with Crippen LogP contribution in [-0.2, 0) is 11.2 Å². The molecule has 192 valence electrons. The Hall–Kier alpha value is -4.40. The van der Waals surface area contributed by atoms with Crippen molar-refractivity contribution in [3.63, 3.8) is 0 Å². The van der Waals surface area contributed by atoms with Gasteiger partial charge in [0.1, 0.15) is 0 Å². The fourth-order valence-electron chi connectivity index (χ4n) is 3.95. The number of hydrogen-bond donors (Lipinski definition) is 2. The minimum Gasteiger partial charge on any atom is -0.493 e. The Morgan fingerprint density at radius 1 is 1.08 bits per heavy atom. The highest BCUT2D eigenvalue weighted by atomic mass is 16.5. The molecule has 0 aliphatic carbocycles. The van der Waals surface area contributed by atoms with Gasteiger partial charge in [0.15, 0.2) is 11.5 Å². The van der Waals surface area contributed by atoms with Crippen molar-refractivity contribution in [2.75, 3.05) is 44.5 Å². The fraction of sp³-hybridized carbons (Fsp3) is 0.286. The maximum absolute atomic E-state index is 12.4. The number of nitrogens with one attached hydrogen (secondary N) is 2. The molecule has 0 unspecified atom stereocenters. The second-order valence-corrected chi connectivity index (χ2v) is 8.51. The number of nitrogens with zero attached hydrogens (tertiary/aromatic N) is 4. The number of ether oxygens (including phenoxy) is 2. The largest absolute Gasteiger partial charge is 0.493 e. The van der Waals surface area contributed by atoms with Crippen molar-refractivity contribution in [2.24, 2.45) is 4.99 Å². The van der Waals surface area contributed by atoms with Crippen LogP contribution in [0.2, 0.25) is 0 Å². The lowest BCUT2D eigenvalue weighted by Gasteiger charge is -2.18. The van der Waals surface area contributed by atoms with Crippen molar-refractivity contribution in [3.8, 4) is 22.8 Å². The van der Waals surface area contributed by atoms with E-state index in [1.165, 1.54) is 0 Å². The number of benzene rings is 2. The Balaban J connectivity index is 1.30. The van der Waals surface area contributed by atoms with Crippen molar-refractivity contribution in [1.29, 1.82) is 0 Å². The van der Waals surface area contributed by atoms with E-state index >= 15 is 0 Å². The first kappa shape index (κ1) is 25.7. The van der Waals surface area contributed by atoms with Crippen LogP contribution < -0.4 is 20.1 Å². The predicted molar refractivity (Wildman–Crippen MR) is 146 cm³/mol. The van der Waals surface area contributed by atoms with Crippen LogP contribution in [0.4, 0.5) is 11.6 Å². The number of carbonyl (C=O) groups is 1. The standard InChI is InChI=1S/C28H32N6O3/c1-36-25-10-9-21(18-26(25)37-2)11-14-30-28-31-15-12-24(33-28)22-6-3-7-23(19-22)32-27(35)8-4-16-34-17-5-13-29-20-34/h3,5-7,9-10,12-13,15,18-20H,4,8,11,14,16-17H2,1-2H3,(H,32,35)(H,30,31,33). The van der Waals surface area contributed by atoms with Crippen LogP contribution >= 0.6 is 0 Å². The molecule has 4 rings (SSSR count). The second kappa shape index (κ2) is 13.1. The molecule has 0 fully saturated rings. The molecule has 2 heterocycles. The van der Waals surface area contributed by atoms with E-state index in [-0.39, 0.29) is 5.91 Å². The van der Waals surface area contributed by atoms with E-state index in [0.29, 0.717) is 30.4 Å². The number of anilines is 2. The summed E-state index contributed by atoms with van der Waals surface area (Å²) in [4.78, 5) is 27.6. The monoisotopic (exact) mass is 500 g/mol. The van der Waals surface area contributed by atoms with Gasteiger partial charge in [-0.25, -0.2) is 15.0 Å². The number of aliphatic imine (C=N–C) groups is 1. The summed E-state index contributed by atoms with van der Waals surface area (Å²) in [6, 6.07) is 15.4. The Bertz CT molecular complexity index is 1260. The highest BCUT2D eigenvalue weighted by molar-refractivity contribution is 5.91. The highest BCUT2D eigenvalue weighted by Gasteiger charge is 2.08. The molecule has 1 aliphatic rings. The smallest absolute Gasteiger partial charge is 0.224 e. The number of aromatic nitrogens is 2. The first-order valence-electron chi connectivity index (χ1n) is 12.2. The van der Waals surface area contributed by atoms with Gasteiger partial charge in [0.05, 0.1) is 26.3 Å². The quantitative estimate of drug-likeness (QED) is 0.380. The molecule has 3 aromatic rings. The molecule has 1 amide bonds. The molecule has 1 aliphatic heterocycles. The van der Waals surface area contributed by atoms with Gasteiger partial charge >= 0.3 is 0 Å². The SMILES string of the molecule is COc1ccc(CCNc2nccc(-c3cccc(NC(=O)CCCN4C=NC=CC4)c3)n2)cc1OC. The maximum atomic E-state index is 12.4. The minimum absolute atomic E-state index is 0.0122. The Morgan fingerprint density at radius 2 is 1.97 bits per heavy atom. The summed E-state index contributed by atoms with van der Waals surface area (Å²) >= 11 is 0. The van der Waals surface area contributed by atoms with Gasteiger partial charge in [-0.05, 0) is 54.8 Å². The molecule has 0 radical (unpaired) electrons. The van der Waals surface area contributed by atoms with E-state index in [4.69, 9.17) is 9.47 Å². The summed E-state index contributed by atoms with van der Waals surface area (Å²) in [5, 5.41) is 6.28. The normalized spacial score (nSPS) is 12.3. The highest BCUT2D eigenvalue weighted by Crippen LogP contribution is 2.27. The molecule has 0 atom stereocenters. The van der Waals surface area contributed by atoms with Gasteiger partial charge in [-0.2, -0.15) is 0 Å². The average molecular weight is 501 g/mol. The van der Waals surface area contributed by atoms with Gasteiger partial charge in [-0.1, -0.05) is 18.2 Å². The Kier molecular flexibility index (Phi) is 9.07. The topological polar surface area (TPSA) is 101 Å². The Labute approximate surface area is 217 Å². The number of methoxy groups -OCH3 is 2. The number of rotatable bonds is 12. The van der Waals surface area contributed by atoms with E-state index < -0.39 is 0 Å². The van der Waals surface area contributed by atoms with Crippen molar-refractivity contribution < 1.29 is 14.3 Å². The third-order valence-electron chi connectivity index (χ3n) is 5.85. The predicted octanol–water partition coefficient (Wildman–Crippen LogP) is 4.39. The molecule has 9 heteroatoms. The van der Waals surface area contributed by atoms with Gasteiger partial charge < -0.3 is 25.0 Å². The summed E-state index contributed by atoms with van der Waals surface area (Å²) in [6.07, 6.45) is 9.30. The molecule has 0 saturated carbocycles. The van der Waals surface area contributed by atoms with Crippen molar-refractivity contribution >= 4 is 23.9 Å². The van der Waals surface area contributed by atoms with Crippen LogP contribution in [0.3, 0.4) is 0 Å². The zero-order valence-corrected chi connectivity index (χ0v) is 21.2. The molecular weight excluding hydrogens is 468 g/mol. The van der Waals surface area contributed by atoms with Crippen LogP contribution in [0, 0.1) is 0 Å². The molecule has 2 aromatic carbocycles. The maximum Gasteiger partial charge on any atom is 0.224 e. The van der Waals surface area contributed by atoms with Crippen molar-refractivity contribution in [2.45, 2.75) is 19.3 Å². The lowest BCUT2D eigenvalue weighted by molar-refractivity contribution is -0.116. The van der Waals surface area contributed by atoms with E-state index in [9.17, 15) is 4.79 Å². The fourth-order valence-corrected chi connectivity index (χ4v) is 3.95. The van der Waals surface area contributed by atoms with Crippen LogP contribution in [0.1, 0.15) is 18.4 Å². The summed E-state index contributed by atoms with van der Waals surface area (Å²) in [5.41, 5.74) is 3.54. The minimum atomic E-state index is -0.0122. The Morgan fingerprint density at radius 3 is 2.78 bits per heavy atom. The van der Waals surface area contributed by atoms with Crippen LogP contribution in [0.5, 0.6) is 11.5 Å². The van der Waals surface area contributed by atoms with Crippen LogP contribution in [-0.4, -0.2) is 61.0 Å². The second-order valence-electron chi connectivity index (χ2n) is 8.51. The van der Waals surface area contributed by atoms with Gasteiger partial charge in [0.25, 0.3) is 0 Å². The van der Waals surface area contributed by atoms with Crippen molar-refractivity contribution in [1.82, 2.24) is 14.9 Å². The summed E-state index contributed by atoms with van der Waals surface area (Å²) in [7, 11) is 3.25. The molecule has 2 N–H and O–H groups in total. The van der Waals surface area contributed by atoms with E-state index in [1.807, 2.05) is 60.9 Å². The number of carbonyl (C=O) groups excluding carboxylic acids is 1. The zero-order valence-electron chi connectivity index (χ0n) is 21.2. The van der Waals surface area contributed by atoms with Crippen molar-refractivity contribution in [3.05, 3.63) is 72.6 Å². The molecule has 9 nitrogen and oxygen atoms in total. The molecule has 0 saturated heterocycles. The van der Waals surface area contributed by atoms with Gasteiger partial charge in [-0.3, -0.25) is 4.79 Å². The third-order valence-corrected chi connectivity index (χ3v) is 5.85.